The molecule has 24 heteroatoms. The van der Waals surface area contributed by atoms with E-state index >= 15 is 4.79 Å². The number of esters is 1. The molecule has 16 N–H and O–H groups in total. The predicted molar refractivity (Wildman–Crippen MR) is 259 cm³/mol. The molecule has 9 rings (SSSR count). The molecule has 0 spiro atoms. The van der Waals surface area contributed by atoms with Crippen LogP contribution in [0.5, 0.6) is 0 Å². The van der Waals surface area contributed by atoms with E-state index in [1.807, 2.05) is 13.8 Å². The van der Waals surface area contributed by atoms with Crippen molar-refractivity contribution in [3.8, 4) is 0 Å². The van der Waals surface area contributed by atoms with Gasteiger partial charge in [-0.2, -0.15) is 0 Å². The lowest BCUT2D eigenvalue weighted by Crippen LogP contribution is -2.85. The average Bonchev–Trinajstić information content (AvgIpc) is 3.36. The third-order valence-corrected chi connectivity index (χ3v) is 21.7. The number of rotatable bonds is 9. The lowest BCUT2D eigenvalue weighted by molar-refractivity contribution is -0.504. The molecule has 77 heavy (non-hydrogen) atoms. The first-order valence-corrected chi connectivity index (χ1v) is 27.4. The van der Waals surface area contributed by atoms with E-state index in [2.05, 4.69) is 40.7 Å². The molecule has 0 radical (unpaired) electrons. The smallest absolute Gasteiger partial charge is 0.318 e. The Bertz CT molecular complexity index is 2220. The van der Waals surface area contributed by atoms with E-state index in [9.17, 15) is 81.7 Å². The third kappa shape index (κ3) is 8.63. The molecule has 28 atom stereocenters. The Kier molecular flexibility index (Phi) is 15.6. The van der Waals surface area contributed by atoms with Crippen LogP contribution in [0.2, 0.25) is 0 Å². The fourth-order valence-electron chi connectivity index (χ4n) is 16.8. The molecule has 9 aliphatic rings. The molecule has 0 bridgehead atoms. The second-order valence-electron chi connectivity index (χ2n) is 26.5. The lowest BCUT2D eigenvalue weighted by atomic mass is 9.33. The Hall–Kier alpha value is -1.67. The zero-order chi connectivity index (χ0) is 56.9. The van der Waals surface area contributed by atoms with Gasteiger partial charge in [0.25, 0.3) is 5.79 Å². The number of hydrogen-bond donors (Lipinski definition) is 16. The summed E-state index contributed by atoms with van der Waals surface area (Å²) in [5.74, 6) is -8.84. The fourth-order valence-corrected chi connectivity index (χ4v) is 16.8. The van der Waals surface area contributed by atoms with Gasteiger partial charge in [-0.05, 0) is 110 Å². The van der Waals surface area contributed by atoms with Crippen LogP contribution in [0.1, 0.15) is 113 Å². The van der Waals surface area contributed by atoms with Crippen molar-refractivity contribution in [3.63, 3.8) is 0 Å². The number of hydrogen-bond acceptors (Lipinski definition) is 24. The van der Waals surface area contributed by atoms with Crippen molar-refractivity contribution in [1.29, 1.82) is 0 Å². The first-order chi connectivity index (χ1) is 35.6. The summed E-state index contributed by atoms with van der Waals surface area (Å²) in [7, 11) is 0. The van der Waals surface area contributed by atoms with Gasteiger partial charge >= 0.3 is 11.9 Å². The Morgan fingerprint density at radius 3 is 2.05 bits per heavy atom. The minimum Gasteiger partial charge on any atom is -0.426 e. The Morgan fingerprint density at radius 2 is 1.39 bits per heavy atom. The van der Waals surface area contributed by atoms with Crippen molar-refractivity contribution < 1.29 is 120 Å². The molecule has 0 aromatic carbocycles. The van der Waals surface area contributed by atoms with Crippen molar-refractivity contribution in [2.24, 2.45) is 50.2 Å². The summed E-state index contributed by atoms with van der Waals surface area (Å²) in [6.07, 6.45) is -27.4. The van der Waals surface area contributed by atoms with Gasteiger partial charge in [-0.25, -0.2) is 0 Å². The first-order valence-electron chi connectivity index (χ1n) is 27.4. The number of carbonyl (C=O) groups excluding carboxylic acids is 1. The standard InChI is InChI=1S/C53H86O24/c1-22-32(57)36(61)39(64)52(75-22,51(69)31(19-54)76-53(70,41(66)40(51)65)72-21-26-34(59)35(60)37(62)42(67)73-26)77-44(68)50-16-15-45(2,3)17-24(50)23-9-10-28-47(6)13-12-30(74-43-38(63)33(58)25(55)20-71-43)46(4,5)27(47)11-14-48(28,7)49(23,8)18-29(50)56/h9,22,24-43,54-67,69-70H,10-21H2,1-8H3/t22-,24+,25+,26?,27?,28?,29-,30+,31?,32-,33+,34+,35?,36+,37+,38-,39+,40?,41+,42+,43?,47+,48-,49-,50-,51+,52?,53+/m1/s1. The highest BCUT2D eigenvalue weighted by molar-refractivity contribution is 5.80. The van der Waals surface area contributed by atoms with Crippen LogP contribution in [0.25, 0.3) is 0 Å². The van der Waals surface area contributed by atoms with E-state index in [0.29, 0.717) is 32.1 Å². The molecular weight excluding hydrogens is 1020 g/mol. The van der Waals surface area contributed by atoms with Crippen molar-refractivity contribution in [2.45, 2.75) is 241 Å². The number of allylic oxidation sites excluding steroid dienone is 2. The van der Waals surface area contributed by atoms with E-state index in [1.54, 1.807) is 0 Å². The Balaban J connectivity index is 1.05. The van der Waals surface area contributed by atoms with E-state index in [0.717, 1.165) is 18.4 Å². The van der Waals surface area contributed by atoms with Crippen molar-refractivity contribution >= 4 is 5.97 Å². The predicted octanol–water partition coefficient (Wildman–Crippen LogP) is -3.37. The van der Waals surface area contributed by atoms with Gasteiger partial charge in [0.05, 0.1) is 38.1 Å². The number of aliphatic hydroxyl groups is 16. The highest BCUT2D eigenvalue weighted by atomic mass is 16.8. The molecule has 4 saturated heterocycles. The largest absolute Gasteiger partial charge is 0.426 e. The number of fused-ring (bicyclic) bond motifs is 7. The van der Waals surface area contributed by atoms with Crippen LogP contribution in [0.15, 0.2) is 11.6 Å². The molecule has 4 saturated carbocycles. The molecule has 4 heterocycles. The third-order valence-electron chi connectivity index (χ3n) is 21.7. The first kappa shape index (κ1) is 59.9. The van der Waals surface area contributed by atoms with Crippen LogP contribution in [0.3, 0.4) is 0 Å². The molecule has 0 aromatic heterocycles. The van der Waals surface area contributed by atoms with Crippen LogP contribution in [0, 0.1) is 50.2 Å². The summed E-state index contributed by atoms with van der Waals surface area (Å²) in [5, 5.41) is 179. The van der Waals surface area contributed by atoms with Crippen LogP contribution in [0.4, 0.5) is 0 Å². The van der Waals surface area contributed by atoms with E-state index in [-0.39, 0.29) is 42.8 Å². The second kappa shape index (κ2) is 20.0. The van der Waals surface area contributed by atoms with Gasteiger partial charge in [0.1, 0.15) is 72.6 Å². The molecule has 8 unspecified atom stereocenters. The molecule has 4 aliphatic heterocycles. The Labute approximate surface area is 447 Å². The zero-order valence-corrected chi connectivity index (χ0v) is 45.1. The molecule has 8 fully saturated rings. The van der Waals surface area contributed by atoms with Crippen molar-refractivity contribution in [1.82, 2.24) is 0 Å². The molecule has 442 valence electrons. The quantitative estimate of drug-likeness (QED) is 0.0464. The summed E-state index contributed by atoms with van der Waals surface area (Å²) in [6.45, 7) is 13.6. The summed E-state index contributed by atoms with van der Waals surface area (Å²) in [5.41, 5.74) is -6.95. The van der Waals surface area contributed by atoms with Crippen molar-refractivity contribution in [2.75, 3.05) is 19.8 Å². The normalized spacial score (nSPS) is 56.4. The van der Waals surface area contributed by atoms with Gasteiger partial charge in [-0.15, -0.1) is 0 Å². The molecular formula is C53H86O24. The maximum atomic E-state index is 15.9. The van der Waals surface area contributed by atoms with Gasteiger partial charge in [0, 0.05) is 0 Å². The molecule has 5 aliphatic carbocycles. The highest BCUT2D eigenvalue weighted by Gasteiger charge is 2.79. The van der Waals surface area contributed by atoms with Crippen LogP contribution in [-0.2, 0) is 38.0 Å². The van der Waals surface area contributed by atoms with Gasteiger partial charge in [0.15, 0.2) is 30.4 Å². The van der Waals surface area contributed by atoms with E-state index in [4.69, 9.17) is 33.2 Å². The van der Waals surface area contributed by atoms with E-state index in [1.165, 1.54) is 6.92 Å². The summed E-state index contributed by atoms with van der Waals surface area (Å²) in [4.78, 5) is 15.9. The monoisotopic (exact) mass is 1110 g/mol. The van der Waals surface area contributed by atoms with Gasteiger partial charge in [-0.3, -0.25) is 4.79 Å². The minimum absolute atomic E-state index is 0.0114. The Morgan fingerprint density at radius 1 is 0.714 bits per heavy atom. The minimum atomic E-state index is -3.60. The maximum Gasteiger partial charge on any atom is 0.318 e. The second-order valence-corrected chi connectivity index (χ2v) is 26.5. The van der Waals surface area contributed by atoms with Gasteiger partial charge in [0.2, 0.25) is 0 Å². The topological polar surface area (TPSA) is 405 Å². The maximum absolute atomic E-state index is 15.9. The fraction of sp³-hybridized carbons (Fsp3) is 0.943. The van der Waals surface area contributed by atoms with Crippen LogP contribution >= 0.6 is 0 Å². The van der Waals surface area contributed by atoms with Gasteiger partial charge in [-0.1, -0.05) is 60.1 Å². The van der Waals surface area contributed by atoms with Crippen LogP contribution in [-0.4, -0.2) is 235 Å². The molecule has 0 aromatic rings. The number of ether oxygens (including phenoxy) is 7. The summed E-state index contributed by atoms with van der Waals surface area (Å²) >= 11 is 0. The number of carbonyl (C=O) groups is 1. The van der Waals surface area contributed by atoms with E-state index < -0.39 is 174 Å². The average molecular weight is 1110 g/mol. The summed E-state index contributed by atoms with van der Waals surface area (Å²) in [6, 6.07) is 0. The summed E-state index contributed by atoms with van der Waals surface area (Å²) < 4.78 is 40.6. The van der Waals surface area contributed by atoms with Crippen molar-refractivity contribution in [3.05, 3.63) is 11.6 Å². The SMILES string of the molecule is C[C@H]1OC(OC(=O)[C@]23CCC(C)(C)C[C@H]2C2=CCC4[C@@]5(C)CC[C@H](OC6OC[C@H](O)[C@H](O)[C@H]6O)C(C)(C)C5CC[C@@]4(C)[C@]2(C)C[C@H]3O)([C@]2(O)C(CO)O[C@@](O)(OCC3O[C@H](O)[C@@H](O)C(O)[C@H]3O)[C@@H](O)C2O)[C@@H](O)[C@@H](O)[C@@H]1O. The zero-order valence-electron chi connectivity index (χ0n) is 45.1. The highest BCUT2D eigenvalue weighted by Crippen LogP contribution is 2.76. The molecule has 0 amide bonds. The lowest BCUT2D eigenvalue weighted by Gasteiger charge is -2.72. The number of aliphatic hydroxyl groups excluding tert-OH is 14. The van der Waals surface area contributed by atoms with Gasteiger partial charge < -0.3 is 115 Å². The van der Waals surface area contributed by atoms with Crippen LogP contribution < -0.4 is 0 Å². The molecule has 24 nitrogen and oxygen atoms in total.